The Bertz CT molecular complexity index is 82.0. The van der Waals surface area contributed by atoms with Crippen LogP contribution in [0.15, 0.2) is 0 Å². The van der Waals surface area contributed by atoms with Crippen LogP contribution in [-0.2, 0) is 9.53 Å². The first-order valence-electron chi connectivity index (χ1n) is 4.59. The van der Waals surface area contributed by atoms with E-state index in [9.17, 15) is 4.79 Å². The van der Waals surface area contributed by atoms with Gasteiger partial charge in [0.15, 0.2) is 0 Å². The molecule has 0 aliphatic rings. The molecule has 0 unspecified atom stereocenters. The number of rotatable bonds is 7. The fourth-order valence-electron chi connectivity index (χ4n) is 0.523. The number of unbranched alkanes of at least 4 members (excludes halogenated alkanes) is 1. The Kier molecular flexibility index (Phi) is 34.9. The summed E-state index contributed by atoms with van der Waals surface area (Å²) in [7, 11) is 0. The molecule has 0 aromatic carbocycles. The molecule has 0 saturated carbocycles. The third kappa shape index (κ3) is 24.6. The zero-order valence-corrected chi connectivity index (χ0v) is 12.5. The van der Waals surface area contributed by atoms with Gasteiger partial charge in [0.1, 0.15) is 0 Å². The Balaban J connectivity index is -0.000000309. The van der Waals surface area contributed by atoms with Gasteiger partial charge in [0, 0.05) is 13.2 Å². The van der Waals surface area contributed by atoms with Gasteiger partial charge in [0.05, 0.1) is 6.61 Å². The summed E-state index contributed by atoms with van der Waals surface area (Å²) in [6.45, 7) is 8.06. The molecule has 0 fully saturated rings. The van der Waals surface area contributed by atoms with Gasteiger partial charge in [-0.2, -0.15) is 6.41 Å². The Morgan fingerprint density at radius 3 is 2.38 bits per heavy atom. The minimum atomic E-state index is 0. The van der Waals surface area contributed by atoms with E-state index in [0.29, 0.717) is 13.2 Å². The van der Waals surface area contributed by atoms with Crippen LogP contribution in [0.4, 0.5) is 0 Å². The molecule has 0 heterocycles. The van der Waals surface area contributed by atoms with Crippen LogP contribution in [0.2, 0.25) is 0 Å². The molecule has 1 amide bonds. The van der Waals surface area contributed by atoms with Crippen molar-refractivity contribution >= 4 is 6.41 Å². The van der Waals surface area contributed by atoms with E-state index in [1.807, 2.05) is 13.8 Å². The van der Waals surface area contributed by atoms with Crippen molar-refractivity contribution in [3.63, 3.8) is 0 Å². The second-order valence-corrected chi connectivity index (χ2v) is 1.99. The van der Waals surface area contributed by atoms with Crippen molar-refractivity contribution in [2.24, 2.45) is 0 Å². The van der Waals surface area contributed by atoms with Gasteiger partial charge >= 0.3 is 51.4 Å². The Morgan fingerprint density at radius 1 is 1.31 bits per heavy atom. The molecule has 0 saturated heterocycles. The summed E-state index contributed by atoms with van der Waals surface area (Å²) in [5.74, 6) is 0. The van der Waals surface area contributed by atoms with E-state index >= 15 is 0 Å². The van der Waals surface area contributed by atoms with E-state index in [0.717, 1.165) is 19.4 Å². The van der Waals surface area contributed by atoms with Crippen LogP contribution < -0.4 is 56.7 Å². The molecule has 0 atom stereocenters. The fraction of sp³-hybridized carbons (Fsp3) is 0.889. The normalized spacial score (nSPS) is 7.62. The van der Waals surface area contributed by atoms with Gasteiger partial charge in [-0.25, -0.2) is 0 Å². The summed E-state index contributed by atoms with van der Waals surface area (Å²) < 4.78 is 5.13. The van der Waals surface area contributed by atoms with Gasteiger partial charge in [-0.3, -0.25) is 0 Å². The molecule has 0 bridgehead atoms. The number of ether oxygens (including phenoxy) is 1. The minimum Gasteiger partial charge on any atom is -0.528 e. The molecule has 0 rings (SSSR count). The van der Waals surface area contributed by atoms with Crippen LogP contribution in [0.25, 0.3) is 0 Å². The molecule has 0 aliphatic carbocycles. The van der Waals surface area contributed by atoms with Crippen LogP contribution in [-0.4, -0.2) is 26.2 Å². The summed E-state index contributed by atoms with van der Waals surface area (Å²) in [5, 5.41) is 2.39. The molecule has 3 nitrogen and oxygen atoms in total. The molecule has 1 N–H and O–H groups in total. The van der Waals surface area contributed by atoms with E-state index in [1.165, 1.54) is 0 Å². The van der Waals surface area contributed by atoms with Gasteiger partial charge in [0.2, 0.25) is 0 Å². The van der Waals surface area contributed by atoms with Crippen LogP contribution in [0, 0.1) is 0 Å². The van der Waals surface area contributed by atoms with Crippen molar-refractivity contribution < 1.29 is 60.9 Å². The number of hydrogen-bond donors (Lipinski definition) is 1. The van der Waals surface area contributed by atoms with Crippen molar-refractivity contribution in [2.75, 3.05) is 19.8 Å². The second kappa shape index (κ2) is 23.1. The summed E-state index contributed by atoms with van der Waals surface area (Å²) in [4.78, 5) is 9.60. The van der Waals surface area contributed by atoms with E-state index < -0.39 is 0 Å². The molecular weight excluding hydrogens is 193 g/mol. The van der Waals surface area contributed by atoms with E-state index in [-0.39, 0.29) is 51.4 Å². The summed E-state index contributed by atoms with van der Waals surface area (Å²) >= 11 is 0. The first-order valence-corrected chi connectivity index (χ1v) is 4.59. The molecule has 74 valence electrons. The topological polar surface area (TPSA) is 38.3 Å². The summed E-state index contributed by atoms with van der Waals surface area (Å²) in [5.41, 5.74) is 0. The molecule has 4 heteroatoms. The molecule has 13 heavy (non-hydrogen) atoms. The van der Waals surface area contributed by atoms with Gasteiger partial charge in [-0.1, -0.05) is 27.2 Å². The smallest absolute Gasteiger partial charge is 0.528 e. The number of nitrogens with one attached hydrogen (secondary N) is 1. The second-order valence-electron chi connectivity index (χ2n) is 1.99. The third-order valence-electron chi connectivity index (χ3n) is 1.09. The molecule has 0 aromatic rings. The predicted molar refractivity (Wildman–Crippen MR) is 50.8 cm³/mol. The third-order valence-corrected chi connectivity index (χ3v) is 1.09. The fourth-order valence-corrected chi connectivity index (χ4v) is 0.523. The largest absolute Gasteiger partial charge is 1.00 e. The van der Waals surface area contributed by atoms with Gasteiger partial charge in [-0.15, -0.1) is 0 Å². The SMILES string of the molecule is CC.CCCCOCCN[C-]=O.[K+]. The van der Waals surface area contributed by atoms with Crippen molar-refractivity contribution in [1.82, 2.24) is 5.32 Å². The quantitative estimate of drug-likeness (QED) is 0.242. The van der Waals surface area contributed by atoms with Crippen molar-refractivity contribution in [2.45, 2.75) is 33.6 Å². The minimum absolute atomic E-state index is 0. The van der Waals surface area contributed by atoms with E-state index in [2.05, 4.69) is 12.2 Å². The maximum Gasteiger partial charge on any atom is 1.00 e. The Labute approximate surface area is 124 Å². The zero-order valence-electron chi connectivity index (χ0n) is 9.35. The van der Waals surface area contributed by atoms with Crippen LogP contribution >= 0.6 is 0 Å². The van der Waals surface area contributed by atoms with E-state index in [4.69, 9.17) is 4.74 Å². The monoisotopic (exact) mass is 213 g/mol. The predicted octanol–water partition coefficient (Wildman–Crippen LogP) is -1.51. The van der Waals surface area contributed by atoms with E-state index in [1.54, 1.807) is 6.41 Å². The van der Waals surface area contributed by atoms with Crippen LogP contribution in [0.1, 0.15) is 33.6 Å². The molecule has 0 aliphatic heterocycles. The average Bonchev–Trinajstić information content (AvgIpc) is 2.15. The zero-order chi connectivity index (χ0) is 9.66. The summed E-state index contributed by atoms with van der Waals surface area (Å²) in [6.07, 6.45) is 3.81. The molecule has 0 aromatic heterocycles. The van der Waals surface area contributed by atoms with Gasteiger partial charge < -0.3 is 14.8 Å². The average molecular weight is 213 g/mol. The number of amides is 1. The number of hydrogen-bond acceptors (Lipinski definition) is 2. The summed E-state index contributed by atoms with van der Waals surface area (Å²) in [6, 6.07) is 0. The first-order chi connectivity index (χ1) is 5.91. The Hall–Kier alpha value is 1.07. The molecule has 0 spiro atoms. The van der Waals surface area contributed by atoms with Crippen molar-refractivity contribution in [1.29, 1.82) is 0 Å². The van der Waals surface area contributed by atoms with Crippen molar-refractivity contribution in [3.8, 4) is 0 Å². The van der Waals surface area contributed by atoms with Crippen LogP contribution in [0.3, 0.4) is 0 Å². The van der Waals surface area contributed by atoms with Gasteiger partial charge in [-0.05, 0) is 6.42 Å². The number of carbonyl (C=O) groups excluding carboxylic acids is 1. The molecule has 0 radical (unpaired) electrons. The molecular formula is C9H20KNO2. The Morgan fingerprint density at radius 2 is 1.92 bits per heavy atom. The van der Waals surface area contributed by atoms with Crippen LogP contribution in [0.5, 0.6) is 0 Å². The maximum atomic E-state index is 9.60. The first kappa shape index (κ1) is 19.6. The standard InChI is InChI=1S/C7H14NO2.C2H6.K/c1-2-3-5-10-6-4-8-7-9;1-2;/h2-6H2,1H3,(H,8,9);1-2H3;/q-1;;+1. The van der Waals surface area contributed by atoms with Gasteiger partial charge in [0.25, 0.3) is 0 Å². The van der Waals surface area contributed by atoms with Crippen molar-refractivity contribution in [3.05, 3.63) is 0 Å². The maximum absolute atomic E-state index is 9.60.